The van der Waals surface area contributed by atoms with Crippen LogP contribution in [0.4, 0.5) is 5.69 Å². The Morgan fingerprint density at radius 1 is 1.11 bits per heavy atom. The molecule has 2 aromatic carbocycles. The molecule has 1 aliphatic rings. The summed E-state index contributed by atoms with van der Waals surface area (Å²) in [7, 11) is 0. The summed E-state index contributed by atoms with van der Waals surface area (Å²) >= 11 is 0. The summed E-state index contributed by atoms with van der Waals surface area (Å²) in [5.74, 6) is -0.346. The molecular weight excluding hydrogens is 382 g/mol. The Balaban J connectivity index is 0.00000280. The number of hydrogen-bond donors (Lipinski definition) is 3. The molecule has 3 rings (SSSR count). The van der Waals surface area contributed by atoms with Crippen molar-refractivity contribution in [3.8, 4) is 5.75 Å². The van der Waals surface area contributed by atoms with E-state index in [0.717, 1.165) is 5.56 Å². The van der Waals surface area contributed by atoms with Gasteiger partial charge in [-0.05, 0) is 48.4 Å². The third kappa shape index (κ3) is 5.55. The van der Waals surface area contributed by atoms with Crippen LogP contribution in [-0.2, 0) is 16.0 Å². The Morgan fingerprint density at radius 2 is 1.79 bits per heavy atom. The lowest BCUT2D eigenvalue weighted by molar-refractivity contribution is -0.125. The maximum Gasteiger partial charge on any atom is 0.255 e. The molecule has 3 amide bonds. The fraction of sp³-hybridized carbons (Fsp3) is 0.250. The summed E-state index contributed by atoms with van der Waals surface area (Å²) in [6.45, 7) is 0.880. The van der Waals surface area contributed by atoms with Gasteiger partial charge in [0.05, 0.1) is 5.92 Å². The molecule has 1 heterocycles. The second-order valence-electron chi connectivity index (χ2n) is 6.33. The lowest BCUT2D eigenvalue weighted by Gasteiger charge is -2.09. The zero-order valence-electron chi connectivity index (χ0n) is 15.1. The predicted molar refractivity (Wildman–Crippen MR) is 108 cm³/mol. The molecule has 4 N–H and O–H groups in total. The van der Waals surface area contributed by atoms with Crippen LogP contribution in [0.15, 0.2) is 48.5 Å². The van der Waals surface area contributed by atoms with Crippen molar-refractivity contribution in [3.63, 3.8) is 0 Å². The number of halogens is 1. The van der Waals surface area contributed by atoms with E-state index in [-0.39, 0.29) is 42.5 Å². The van der Waals surface area contributed by atoms with Crippen LogP contribution in [0.2, 0.25) is 0 Å². The van der Waals surface area contributed by atoms with Crippen LogP contribution < -0.4 is 21.1 Å². The summed E-state index contributed by atoms with van der Waals surface area (Å²) in [5.41, 5.74) is 7.46. The van der Waals surface area contributed by atoms with E-state index in [1.165, 1.54) is 0 Å². The van der Waals surface area contributed by atoms with Gasteiger partial charge in [0.15, 0.2) is 0 Å². The summed E-state index contributed by atoms with van der Waals surface area (Å²) < 4.78 is 5.39. The minimum atomic E-state index is -0.336. The van der Waals surface area contributed by atoms with E-state index < -0.39 is 0 Å². The first-order valence-corrected chi connectivity index (χ1v) is 8.72. The van der Waals surface area contributed by atoms with Gasteiger partial charge in [-0.25, -0.2) is 0 Å². The first kappa shape index (κ1) is 21.4. The highest BCUT2D eigenvalue weighted by molar-refractivity contribution is 6.04. The van der Waals surface area contributed by atoms with E-state index in [1.54, 1.807) is 48.5 Å². The minimum Gasteiger partial charge on any atom is -0.492 e. The quantitative estimate of drug-likeness (QED) is 0.611. The van der Waals surface area contributed by atoms with Crippen LogP contribution in [0.5, 0.6) is 5.75 Å². The van der Waals surface area contributed by atoms with Crippen molar-refractivity contribution in [2.24, 2.45) is 11.7 Å². The standard InChI is InChI=1S/C20H21N3O4.ClH/c21-9-10-27-17-7-5-16(6-8-17)22-19(25)14-3-1-13(2-4-14)11-15-12-18(24)23-20(15)26;/h1-8,15H,9-12,21H2,(H,22,25)(H,23,24,26);1H. The Kier molecular flexibility index (Phi) is 7.54. The summed E-state index contributed by atoms with van der Waals surface area (Å²) in [5, 5.41) is 5.12. The number of nitrogens with two attached hydrogens (primary N) is 1. The highest BCUT2D eigenvalue weighted by Crippen LogP contribution is 2.19. The number of ether oxygens (including phenoxy) is 1. The van der Waals surface area contributed by atoms with Gasteiger partial charge in [-0.15, -0.1) is 12.4 Å². The third-order valence-corrected chi connectivity index (χ3v) is 4.26. The number of carbonyl (C=O) groups is 3. The number of imide groups is 1. The van der Waals surface area contributed by atoms with Gasteiger partial charge >= 0.3 is 0 Å². The summed E-state index contributed by atoms with van der Waals surface area (Å²) in [4.78, 5) is 35.2. The third-order valence-electron chi connectivity index (χ3n) is 4.26. The van der Waals surface area contributed by atoms with E-state index in [2.05, 4.69) is 10.6 Å². The first-order valence-electron chi connectivity index (χ1n) is 8.72. The predicted octanol–water partition coefficient (Wildman–Crippen LogP) is 1.90. The lowest BCUT2D eigenvalue weighted by Crippen LogP contribution is -2.22. The zero-order valence-corrected chi connectivity index (χ0v) is 16.0. The van der Waals surface area contributed by atoms with Gasteiger partial charge in [0.25, 0.3) is 5.91 Å². The smallest absolute Gasteiger partial charge is 0.255 e. The molecule has 1 fully saturated rings. The molecule has 1 unspecified atom stereocenters. The maximum atomic E-state index is 12.4. The molecule has 0 saturated carbocycles. The molecule has 1 atom stereocenters. The number of nitrogens with one attached hydrogen (secondary N) is 2. The number of benzene rings is 2. The van der Waals surface area contributed by atoms with E-state index >= 15 is 0 Å². The van der Waals surface area contributed by atoms with Crippen molar-refractivity contribution in [1.82, 2.24) is 5.32 Å². The summed E-state index contributed by atoms with van der Waals surface area (Å²) in [6, 6.07) is 14.1. The monoisotopic (exact) mass is 403 g/mol. The van der Waals surface area contributed by atoms with Crippen molar-refractivity contribution in [2.45, 2.75) is 12.8 Å². The van der Waals surface area contributed by atoms with E-state index in [9.17, 15) is 14.4 Å². The SMILES string of the molecule is Cl.NCCOc1ccc(NC(=O)c2ccc(CC3CC(=O)NC3=O)cc2)cc1. The Hall–Kier alpha value is -2.90. The van der Waals surface area contributed by atoms with Gasteiger partial charge in [-0.1, -0.05) is 12.1 Å². The molecule has 148 valence electrons. The van der Waals surface area contributed by atoms with Crippen molar-refractivity contribution < 1.29 is 19.1 Å². The van der Waals surface area contributed by atoms with Crippen molar-refractivity contribution in [2.75, 3.05) is 18.5 Å². The molecule has 7 nitrogen and oxygen atoms in total. The van der Waals surface area contributed by atoms with Crippen LogP contribution in [0.1, 0.15) is 22.3 Å². The first-order chi connectivity index (χ1) is 13.0. The maximum absolute atomic E-state index is 12.4. The second kappa shape index (κ2) is 9.87. The van der Waals surface area contributed by atoms with Crippen LogP contribution in [-0.4, -0.2) is 30.9 Å². The van der Waals surface area contributed by atoms with E-state index in [1.807, 2.05) is 0 Å². The normalized spacial score (nSPS) is 15.5. The van der Waals surface area contributed by atoms with E-state index in [0.29, 0.717) is 36.6 Å². The minimum absolute atomic E-state index is 0. The number of carbonyl (C=O) groups excluding carboxylic acids is 3. The number of rotatable bonds is 7. The molecule has 8 heteroatoms. The average molecular weight is 404 g/mol. The Labute approximate surface area is 169 Å². The number of hydrogen-bond acceptors (Lipinski definition) is 5. The molecule has 0 aromatic heterocycles. The highest BCUT2D eigenvalue weighted by Gasteiger charge is 2.30. The van der Waals surface area contributed by atoms with E-state index in [4.69, 9.17) is 10.5 Å². The van der Waals surface area contributed by atoms with Crippen LogP contribution in [0.3, 0.4) is 0 Å². The second-order valence-corrected chi connectivity index (χ2v) is 6.33. The number of amides is 3. The van der Waals surface area contributed by atoms with Gasteiger partial charge in [0.1, 0.15) is 12.4 Å². The molecule has 0 aliphatic carbocycles. The molecule has 1 aliphatic heterocycles. The van der Waals surface area contributed by atoms with Crippen molar-refractivity contribution in [1.29, 1.82) is 0 Å². The molecule has 0 bridgehead atoms. The molecule has 0 spiro atoms. The van der Waals surface area contributed by atoms with Crippen LogP contribution >= 0.6 is 12.4 Å². The van der Waals surface area contributed by atoms with Gasteiger partial charge < -0.3 is 15.8 Å². The van der Waals surface area contributed by atoms with Gasteiger partial charge in [-0.3, -0.25) is 19.7 Å². The fourth-order valence-electron chi connectivity index (χ4n) is 2.86. The topological polar surface area (TPSA) is 111 Å². The zero-order chi connectivity index (χ0) is 19.2. The van der Waals surface area contributed by atoms with Gasteiger partial charge in [0.2, 0.25) is 11.8 Å². The van der Waals surface area contributed by atoms with Crippen molar-refractivity contribution >= 4 is 35.8 Å². The van der Waals surface area contributed by atoms with Gasteiger partial charge in [-0.2, -0.15) is 0 Å². The molecule has 2 aromatic rings. The van der Waals surface area contributed by atoms with Crippen molar-refractivity contribution in [3.05, 3.63) is 59.7 Å². The Bertz CT molecular complexity index is 838. The Morgan fingerprint density at radius 3 is 2.36 bits per heavy atom. The fourth-order valence-corrected chi connectivity index (χ4v) is 2.86. The largest absolute Gasteiger partial charge is 0.492 e. The molecule has 28 heavy (non-hydrogen) atoms. The molecule has 0 radical (unpaired) electrons. The van der Waals surface area contributed by atoms with Crippen LogP contribution in [0, 0.1) is 5.92 Å². The number of anilines is 1. The van der Waals surface area contributed by atoms with Gasteiger partial charge in [0, 0.05) is 24.2 Å². The summed E-state index contributed by atoms with van der Waals surface area (Å²) in [6.07, 6.45) is 0.690. The molecule has 1 saturated heterocycles. The average Bonchev–Trinajstić information content (AvgIpc) is 2.98. The highest BCUT2D eigenvalue weighted by atomic mass is 35.5. The molecular formula is C20H22ClN3O4. The van der Waals surface area contributed by atoms with Crippen LogP contribution in [0.25, 0.3) is 0 Å². The lowest BCUT2D eigenvalue weighted by atomic mass is 9.97.